The van der Waals surface area contributed by atoms with Gasteiger partial charge in [-0.1, -0.05) is 45.0 Å². The highest BCUT2D eigenvalue weighted by atomic mass is 15.2. The Balaban J connectivity index is 1.78. The van der Waals surface area contributed by atoms with Crippen LogP contribution in [-0.4, -0.2) is 10.9 Å². The zero-order chi connectivity index (χ0) is 15.0. The fourth-order valence-corrected chi connectivity index (χ4v) is 4.08. The van der Waals surface area contributed by atoms with E-state index < -0.39 is 0 Å². The number of hydrogen-bond donors (Lipinski definition) is 0. The summed E-state index contributed by atoms with van der Waals surface area (Å²) in [6.07, 6.45) is 3.45. The van der Waals surface area contributed by atoms with Crippen LogP contribution in [0.25, 0.3) is 0 Å². The molecule has 1 saturated carbocycles. The van der Waals surface area contributed by atoms with E-state index in [1.807, 2.05) is 0 Å². The lowest BCUT2D eigenvalue weighted by Gasteiger charge is -2.43. The monoisotopic (exact) mass is 282 g/mol. The molecule has 3 atom stereocenters. The summed E-state index contributed by atoms with van der Waals surface area (Å²) < 4.78 is 0. The highest BCUT2D eigenvalue weighted by molar-refractivity contribution is 5.30. The highest BCUT2D eigenvalue weighted by Crippen LogP contribution is 2.43. The van der Waals surface area contributed by atoms with Crippen molar-refractivity contribution in [2.24, 2.45) is 17.3 Å². The Hall–Kier alpha value is -1.33. The Kier molecular flexibility index (Phi) is 3.80. The van der Waals surface area contributed by atoms with Crippen molar-refractivity contribution in [3.63, 3.8) is 0 Å². The maximum atomic E-state index is 9.55. The van der Waals surface area contributed by atoms with Gasteiger partial charge in [-0.25, -0.2) is 0 Å². The van der Waals surface area contributed by atoms with Crippen molar-refractivity contribution in [2.75, 3.05) is 0 Å². The maximum Gasteiger partial charge on any atom is 0.0672 e. The first-order valence-electron chi connectivity index (χ1n) is 8.19. The molecule has 1 aliphatic carbocycles. The van der Waals surface area contributed by atoms with Crippen LogP contribution in [0, 0.1) is 28.6 Å². The number of nitriles is 1. The summed E-state index contributed by atoms with van der Waals surface area (Å²) in [5, 5.41) is 9.55. The number of benzene rings is 1. The predicted octanol–water partition coefficient (Wildman–Crippen LogP) is 4.36. The quantitative estimate of drug-likeness (QED) is 0.765. The normalized spacial score (nSPS) is 29.9. The minimum atomic E-state index is 0.206. The van der Waals surface area contributed by atoms with Crippen LogP contribution < -0.4 is 0 Å². The van der Waals surface area contributed by atoms with Gasteiger partial charge in [0, 0.05) is 19.1 Å². The van der Waals surface area contributed by atoms with Crippen LogP contribution in [-0.2, 0) is 13.1 Å². The van der Waals surface area contributed by atoms with Crippen LogP contribution in [0.2, 0.25) is 0 Å². The molecular weight excluding hydrogens is 256 g/mol. The van der Waals surface area contributed by atoms with E-state index in [2.05, 4.69) is 56.0 Å². The number of fused-ring (bicyclic) bond motifs is 1. The molecule has 0 N–H and O–H groups in total. The first kappa shape index (κ1) is 14.6. The van der Waals surface area contributed by atoms with Gasteiger partial charge in [-0.05, 0) is 41.7 Å². The second-order valence-corrected chi connectivity index (χ2v) is 7.85. The van der Waals surface area contributed by atoms with E-state index in [-0.39, 0.29) is 5.92 Å². The van der Waals surface area contributed by atoms with E-state index in [0.29, 0.717) is 11.5 Å². The number of nitrogens with zero attached hydrogens (tertiary/aromatic N) is 2. The van der Waals surface area contributed by atoms with Gasteiger partial charge in [-0.15, -0.1) is 0 Å². The van der Waals surface area contributed by atoms with Gasteiger partial charge < -0.3 is 0 Å². The Morgan fingerprint density at radius 2 is 1.71 bits per heavy atom. The van der Waals surface area contributed by atoms with Crippen LogP contribution in [0.1, 0.15) is 51.2 Å². The first-order chi connectivity index (χ1) is 9.99. The third-order valence-corrected chi connectivity index (χ3v) is 5.54. The molecule has 0 saturated heterocycles. The molecule has 3 unspecified atom stereocenters. The van der Waals surface area contributed by atoms with E-state index in [0.717, 1.165) is 25.4 Å². The molecule has 0 radical (unpaired) electrons. The van der Waals surface area contributed by atoms with Crippen LogP contribution in [0.3, 0.4) is 0 Å². The Bertz CT molecular complexity index is 524. The number of hydrogen-bond acceptors (Lipinski definition) is 2. The second kappa shape index (κ2) is 5.46. The predicted molar refractivity (Wildman–Crippen MR) is 85.4 cm³/mol. The van der Waals surface area contributed by atoms with Crippen molar-refractivity contribution < 1.29 is 0 Å². The third kappa shape index (κ3) is 2.85. The molecule has 1 heterocycles. The summed E-state index contributed by atoms with van der Waals surface area (Å²) in [6.45, 7) is 9.09. The van der Waals surface area contributed by atoms with Crippen LogP contribution >= 0.6 is 0 Å². The molecule has 1 aromatic carbocycles. The molecule has 21 heavy (non-hydrogen) atoms. The molecule has 2 nitrogen and oxygen atoms in total. The van der Waals surface area contributed by atoms with Crippen molar-refractivity contribution in [1.29, 1.82) is 5.26 Å². The second-order valence-electron chi connectivity index (χ2n) is 7.85. The smallest absolute Gasteiger partial charge is 0.0672 e. The van der Waals surface area contributed by atoms with E-state index in [1.165, 1.54) is 24.0 Å². The average Bonchev–Trinajstić information content (AvgIpc) is 2.89. The summed E-state index contributed by atoms with van der Waals surface area (Å²) in [4.78, 5) is 2.55. The largest absolute Gasteiger partial charge is 0.291 e. The van der Waals surface area contributed by atoms with Crippen molar-refractivity contribution in [3.8, 4) is 6.07 Å². The van der Waals surface area contributed by atoms with Crippen molar-refractivity contribution >= 4 is 0 Å². The minimum Gasteiger partial charge on any atom is -0.291 e. The standard InChI is InChI=1S/C19H26N2/c1-19(2,3)17-9-8-14(11-20)18(10-17)21-12-15-6-4-5-7-16(15)13-21/h4-7,14,17-18H,8-10,12-13H2,1-3H3. The molecule has 1 aliphatic heterocycles. The van der Waals surface area contributed by atoms with Gasteiger partial charge in [-0.2, -0.15) is 5.26 Å². The zero-order valence-corrected chi connectivity index (χ0v) is 13.5. The summed E-state index contributed by atoms with van der Waals surface area (Å²) >= 11 is 0. The third-order valence-electron chi connectivity index (χ3n) is 5.54. The highest BCUT2D eigenvalue weighted by Gasteiger charge is 2.40. The van der Waals surface area contributed by atoms with Gasteiger partial charge >= 0.3 is 0 Å². The lowest BCUT2D eigenvalue weighted by atomic mass is 9.68. The van der Waals surface area contributed by atoms with Crippen molar-refractivity contribution in [3.05, 3.63) is 35.4 Å². The van der Waals surface area contributed by atoms with Crippen LogP contribution in [0.15, 0.2) is 24.3 Å². The van der Waals surface area contributed by atoms with Gasteiger partial charge in [0.25, 0.3) is 0 Å². The summed E-state index contributed by atoms with van der Waals surface area (Å²) in [6, 6.07) is 11.7. The van der Waals surface area contributed by atoms with E-state index in [1.54, 1.807) is 0 Å². The molecule has 1 aromatic rings. The molecule has 1 fully saturated rings. The molecule has 3 rings (SSSR count). The summed E-state index contributed by atoms with van der Waals surface area (Å²) in [5.41, 5.74) is 3.25. The molecule has 0 spiro atoms. The maximum absolute atomic E-state index is 9.55. The van der Waals surface area contributed by atoms with Crippen molar-refractivity contribution in [2.45, 2.75) is 59.2 Å². The van der Waals surface area contributed by atoms with E-state index >= 15 is 0 Å². The SMILES string of the molecule is CC(C)(C)C1CCC(C#N)C(N2Cc3ccccc3C2)C1. The van der Waals surface area contributed by atoms with Crippen molar-refractivity contribution in [1.82, 2.24) is 4.90 Å². The molecule has 2 aliphatic rings. The fourth-order valence-electron chi connectivity index (χ4n) is 4.08. The minimum absolute atomic E-state index is 0.206. The summed E-state index contributed by atoms with van der Waals surface area (Å²) in [5.74, 6) is 0.939. The number of rotatable bonds is 1. The Morgan fingerprint density at radius 1 is 1.10 bits per heavy atom. The lowest BCUT2D eigenvalue weighted by molar-refractivity contribution is 0.0584. The lowest BCUT2D eigenvalue weighted by Crippen LogP contribution is -2.43. The zero-order valence-electron chi connectivity index (χ0n) is 13.5. The topological polar surface area (TPSA) is 27.0 Å². The van der Waals surface area contributed by atoms with Gasteiger partial charge in [0.1, 0.15) is 0 Å². The molecule has 0 aromatic heterocycles. The van der Waals surface area contributed by atoms with E-state index in [4.69, 9.17) is 0 Å². The molecule has 0 amide bonds. The molecule has 112 valence electrons. The fraction of sp³-hybridized carbons (Fsp3) is 0.632. The Labute approximate surface area is 128 Å². The Morgan fingerprint density at radius 3 is 2.24 bits per heavy atom. The molecule has 2 heteroatoms. The van der Waals surface area contributed by atoms with E-state index in [9.17, 15) is 5.26 Å². The van der Waals surface area contributed by atoms with Crippen LogP contribution in [0.5, 0.6) is 0 Å². The van der Waals surface area contributed by atoms with Gasteiger partial charge in [0.05, 0.1) is 12.0 Å². The average molecular weight is 282 g/mol. The summed E-state index contributed by atoms with van der Waals surface area (Å²) in [7, 11) is 0. The van der Waals surface area contributed by atoms with Gasteiger partial charge in [-0.3, -0.25) is 4.90 Å². The van der Waals surface area contributed by atoms with Gasteiger partial charge in [0.15, 0.2) is 0 Å². The van der Waals surface area contributed by atoms with Crippen LogP contribution in [0.4, 0.5) is 0 Å². The molecular formula is C19H26N2. The first-order valence-corrected chi connectivity index (χ1v) is 8.19. The molecule has 0 bridgehead atoms. The van der Waals surface area contributed by atoms with Gasteiger partial charge in [0.2, 0.25) is 0 Å².